The molecule has 2 amide bonds. The van der Waals surface area contributed by atoms with Crippen LogP contribution in [0.4, 0.5) is 0 Å². The van der Waals surface area contributed by atoms with Crippen LogP contribution in [0.25, 0.3) is 0 Å². The zero-order chi connectivity index (χ0) is 27.4. The lowest BCUT2D eigenvalue weighted by atomic mass is 9.43. The Labute approximate surface area is 229 Å². The van der Waals surface area contributed by atoms with Crippen molar-refractivity contribution in [3.05, 3.63) is 35.4 Å². The zero-order valence-corrected chi connectivity index (χ0v) is 24.4. The summed E-state index contributed by atoms with van der Waals surface area (Å²) in [6.07, 6.45) is 5.85. The van der Waals surface area contributed by atoms with Crippen molar-refractivity contribution in [2.24, 2.45) is 29.1 Å². The molecule has 1 aliphatic heterocycles. The van der Waals surface area contributed by atoms with Gasteiger partial charge < -0.3 is 19.9 Å². The summed E-state index contributed by atoms with van der Waals surface area (Å²) >= 11 is 0. The van der Waals surface area contributed by atoms with E-state index in [1.54, 1.807) is 0 Å². The Morgan fingerprint density at radius 3 is 2.50 bits per heavy atom. The summed E-state index contributed by atoms with van der Waals surface area (Å²) in [5.74, 6) is 0.783. The minimum atomic E-state index is -0.614. The molecule has 1 heterocycles. The van der Waals surface area contributed by atoms with Gasteiger partial charge >= 0.3 is 7.12 Å². The van der Waals surface area contributed by atoms with Crippen LogP contribution >= 0.6 is 0 Å². The number of fused-ring (bicyclic) bond motifs is 1. The number of hydrogen-bond donors (Lipinski definition) is 2. The van der Waals surface area contributed by atoms with E-state index in [0.717, 1.165) is 37.7 Å². The smallest absolute Gasteiger partial charge is 0.404 e. The van der Waals surface area contributed by atoms with Gasteiger partial charge in [-0.1, -0.05) is 65.8 Å². The SMILES string of the molecule is CC(C)C[C@H](NC(=O)[C@@H](NC(=O)C1CCCc2ccccc21)C(C)C)B1O[C@@H]2C[C@@H]3C[C@@H](C3(C)C)[C@]2(C)O1. The van der Waals surface area contributed by atoms with E-state index in [0.29, 0.717) is 17.8 Å². The summed E-state index contributed by atoms with van der Waals surface area (Å²) in [5.41, 5.74) is 2.29. The molecule has 3 saturated carbocycles. The van der Waals surface area contributed by atoms with Crippen molar-refractivity contribution >= 4 is 18.9 Å². The van der Waals surface area contributed by atoms with E-state index in [1.807, 2.05) is 26.0 Å². The molecule has 2 N–H and O–H groups in total. The highest BCUT2D eigenvalue weighted by Gasteiger charge is 2.68. The summed E-state index contributed by atoms with van der Waals surface area (Å²) in [4.78, 5) is 27.2. The number of hydrogen-bond acceptors (Lipinski definition) is 4. The van der Waals surface area contributed by atoms with Gasteiger partial charge in [0.05, 0.1) is 23.6 Å². The van der Waals surface area contributed by atoms with Crippen molar-refractivity contribution in [3.8, 4) is 0 Å². The second kappa shape index (κ2) is 10.3. The Morgan fingerprint density at radius 2 is 1.82 bits per heavy atom. The van der Waals surface area contributed by atoms with Gasteiger partial charge in [-0.2, -0.15) is 0 Å². The van der Waals surface area contributed by atoms with Crippen molar-refractivity contribution in [2.45, 2.75) is 117 Å². The summed E-state index contributed by atoms with van der Waals surface area (Å²) in [6, 6.07) is 7.59. The summed E-state index contributed by atoms with van der Waals surface area (Å²) in [7, 11) is -0.472. The van der Waals surface area contributed by atoms with E-state index in [9.17, 15) is 9.59 Å². The molecule has 38 heavy (non-hydrogen) atoms. The van der Waals surface area contributed by atoms with Gasteiger partial charge in [0.2, 0.25) is 11.8 Å². The zero-order valence-electron chi connectivity index (χ0n) is 24.4. The van der Waals surface area contributed by atoms with Crippen molar-refractivity contribution in [2.75, 3.05) is 0 Å². The van der Waals surface area contributed by atoms with Gasteiger partial charge in [-0.3, -0.25) is 9.59 Å². The Hall–Kier alpha value is -1.86. The molecular formula is C31H47BN2O4. The van der Waals surface area contributed by atoms with Crippen LogP contribution in [-0.2, 0) is 25.3 Å². The van der Waals surface area contributed by atoms with Crippen LogP contribution < -0.4 is 10.6 Å². The first-order valence-corrected chi connectivity index (χ1v) is 14.9. The average molecular weight is 523 g/mol. The Morgan fingerprint density at radius 1 is 1.08 bits per heavy atom. The Bertz CT molecular complexity index is 1060. The fourth-order valence-corrected chi connectivity index (χ4v) is 7.90. The van der Waals surface area contributed by atoms with E-state index in [2.05, 4.69) is 57.4 Å². The monoisotopic (exact) mass is 522 g/mol. The van der Waals surface area contributed by atoms with E-state index >= 15 is 0 Å². The van der Waals surface area contributed by atoms with Crippen molar-refractivity contribution < 1.29 is 18.9 Å². The number of carbonyl (C=O) groups excluding carboxylic acids is 2. The highest BCUT2D eigenvalue weighted by Crippen LogP contribution is 2.65. The topological polar surface area (TPSA) is 76.7 Å². The number of aryl methyl sites for hydroxylation is 1. The summed E-state index contributed by atoms with van der Waals surface area (Å²) in [5, 5.41) is 6.40. The van der Waals surface area contributed by atoms with Gasteiger partial charge in [0, 0.05) is 0 Å². The van der Waals surface area contributed by atoms with Crippen LogP contribution in [0.2, 0.25) is 0 Å². The van der Waals surface area contributed by atoms with Gasteiger partial charge in [0.25, 0.3) is 0 Å². The number of nitrogens with one attached hydrogen (secondary N) is 2. The average Bonchev–Trinajstić information content (AvgIpc) is 3.23. The van der Waals surface area contributed by atoms with E-state index in [1.165, 1.54) is 12.0 Å². The molecule has 0 spiro atoms. The third-order valence-electron chi connectivity index (χ3n) is 10.3. The molecule has 4 fully saturated rings. The molecule has 1 aromatic carbocycles. The highest BCUT2D eigenvalue weighted by molar-refractivity contribution is 6.48. The molecule has 2 bridgehead atoms. The maximum atomic E-state index is 13.7. The fourth-order valence-electron chi connectivity index (χ4n) is 7.90. The maximum absolute atomic E-state index is 13.7. The Kier molecular flexibility index (Phi) is 7.49. The number of carbonyl (C=O) groups is 2. The number of amides is 2. The molecule has 208 valence electrons. The first-order valence-electron chi connectivity index (χ1n) is 14.9. The lowest BCUT2D eigenvalue weighted by Crippen LogP contribution is -2.65. The standard InChI is InChI=1S/C31H47BN2O4/c1-18(2)15-26(32-37-25-17-21-16-24(30(21,5)6)31(25,7)38-32)33-29(36)27(19(3)4)34-28(35)23-14-10-12-20-11-8-9-13-22(20)23/h8-9,11,13,18-19,21,23-27H,10,12,14-17H2,1-7H3,(H,33,36)(H,34,35)/t21-,23?,24-,25+,26-,27-,31-/m0/s1. The molecule has 5 aliphatic rings. The van der Waals surface area contributed by atoms with Crippen LogP contribution in [0.5, 0.6) is 0 Å². The van der Waals surface area contributed by atoms with Gasteiger partial charge in [-0.15, -0.1) is 0 Å². The molecule has 0 radical (unpaired) electrons. The molecule has 1 aromatic rings. The van der Waals surface area contributed by atoms with Crippen LogP contribution in [0.1, 0.15) is 97.6 Å². The van der Waals surface area contributed by atoms with Crippen molar-refractivity contribution in [1.82, 2.24) is 10.6 Å². The maximum Gasteiger partial charge on any atom is 0.481 e. The predicted molar refractivity (Wildman–Crippen MR) is 150 cm³/mol. The third-order valence-corrected chi connectivity index (χ3v) is 10.3. The van der Waals surface area contributed by atoms with Gasteiger partial charge in [-0.05, 0) is 85.7 Å². The molecule has 7 atom stereocenters. The molecule has 6 nitrogen and oxygen atoms in total. The molecule has 7 heteroatoms. The summed E-state index contributed by atoms with van der Waals surface area (Å²) in [6.45, 7) is 15.2. The molecule has 4 aliphatic carbocycles. The van der Waals surface area contributed by atoms with Gasteiger partial charge in [0.1, 0.15) is 6.04 Å². The highest BCUT2D eigenvalue weighted by atomic mass is 16.7. The quantitative estimate of drug-likeness (QED) is 0.469. The van der Waals surface area contributed by atoms with Crippen LogP contribution in [0.3, 0.4) is 0 Å². The summed E-state index contributed by atoms with van der Waals surface area (Å²) < 4.78 is 13.3. The molecular weight excluding hydrogens is 475 g/mol. The molecule has 6 rings (SSSR count). The normalized spacial score (nSPS) is 32.7. The molecule has 0 aromatic heterocycles. The number of benzene rings is 1. The first-order chi connectivity index (χ1) is 17.9. The molecule has 1 unspecified atom stereocenters. The minimum absolute atomic E-state index is 0.0454. The van der Waals surface area contributed by atoms with E-state index < -0.39 is 13.2 Å². The minimum Gasteiger partial charge on any atom is -0.404 e. The second-order valence-electron chi connectivity index (χ2n) is 14.0. The predicted octanol–water partition coefficient (Wildman–Crippen LogP) is 5.05. The van der Waals surface area contributed by atoms with E-state index in [4.69, 9.17) is 9.31 Å². The molecule has 1 saturated heterocycles. The number of rotatable bonds is 8. The lowest BCUT2D eigenvalue weighted by Gasteiger charge is -2.64. The third kappa shape index (κ3) is 4.83. The second-order valence-corrected chi connectivity index (χ2v) is 14.0. The van der Waals surface area contributed by atoms with Crippen molar-refractivity contribution in [1.29, 1.82) is 0 Å². The van der Waals surface area contributed by atoms with Crippen LogP contribution in [-0.4, -0.2) is 42.6 Å². The van der Waals surface area contributed by atoms with Gasteiger partial charge in [-0.25, -0.2) is 0 Å². The first kappa shape index (κ1) is 27.7. The lowest BCUT2D eigenvalue weighted by molar-refractivity contribution is -0.199. The van der Waals surface area contributed by atoms with Crippen LogP contribution in [0, 0.1) is 29.1 Å². The largest absolute Gasteiger partial charge is 0.481 e. The van der Waals surface area contributed by atoms with Crippen molar-refractivity contribution in [3.63, 3.8) is 0 Å². The Balaban J connectivity index is 1.29. The van der Waals surface area contributed by atoms with Gasteiger partial charge in [0.15, 0.2) is 0 Å². The fraction of sp³-hybridized carbons (Fsp3) is 0.742. The van der Waals surface area contributed by atoms with E-state index in [-0.39, 0.29) is 46.7 Å². The van der Waals surface area contributed by atoms with Crippen LogP contribution in [0.15, 0.2) is 24.3 Å².